The summed E-state index contributed by atoms with van der Waals surface area (Å²) in [5.41, 5.74) is 0.0513. The van der Waals surface area contributed by atoms with Crippen molar-refractivity contribution in [1.82, 2.24) is 5.32 Å². The summed E-state index contributed by atoms with van der Waals surface area (Å²) in [6, 6.07) is 7.55. The molecule has 2 aromatic carbocycles. The van der Waals surface area contributed by atoms with E-state index in [2.05, 4.69) is 26.1 Å². The van der Waals surface area contributed by atoms with E-state index in [0.717, 1.165) is 16.4 Å². The van der Waals surface area contributed by atoms with Crippen molar-refractivity contribution in [2.24, 2.45) is 0 Å². The number of nitrogens with zero attached hydrogens (tertiary/aromatic N) is 1. The summed E-state index contributed by atoms with van der Waals surface area (Å²) in [5, 5.41) is 2.47. The fourth-order valence-corrected chi connectivity index (χ4v) is 5.21. The fraction of sp³-hybridized carbons (Fsp3) is 0.409. The SMILES string of the molecule is COc1ccc(S(=O)(=O)N(CC(=O)NCCSC(C)(C)C)c2ccc(F)c(Cl)c2)cc1OC. The van der Waals surface area contributed by atoms with Crippen LogP contribution < -0.4 is 19.1 Å². The maximum Gasteiger partial charge on any atom is 0.264 e. The summed E-state index contributed by atoms with van der Waals surface area (Å²) in [6.45, 7) is 6.05. The van der Waals surface area contributed by atoms with Crippen molar-refractivity contribution in [3.8, 4) is 11.5 Å². The van der Waals surface area contributed by atoms with Crippen LogP contribution in [0.2, 0.25) is 5.02 Å². The highest BCUT2D eigenvalue weighted by molar-refractivity contribution is 8.00. The van der Waals surface area contributed by atoms with E-state index >= 15 is 0 Å². The molecule has 1 amide bonds. The van der Waals surface area contributed by atoms with Crippen molar-refractivity contribution >= 4 is 45.0 Å². The number of ether oxygens (including phenoxy) is 2. The van der Waals surface area contributed by atoms with Crippen molar-refractivity contribution < 1.29 is 27.1 Å². The highest BCUT2D eigenvalue weighted by atomic mass is 35.5. The lowest BCUT2D eigenvalue weighted by molar-refractivity contribution is -0.119. The summed E-state index contributed by atoms with van der Waals surface area (Å²) in [6.07, 6.45) is 0. The molecule has 0 bridgehead atoms. The van der Waals surface area contributed by atoms with E-state index in [1.165, 1.54) is 38.5 Å². The van der Waals surface area contributed by atoms with Gasteiger partial charge in [0.25, 0.3) is 10.0 Å². The standard InChI is InChI=1S/C22H28ClFN2O5S2/c1-22(2,3)32-11-10-25-21(27)14-26(15-6-8-18(24)17(23)12-15)33(28,29)16-7-9-19(30-4)20(13-16)31-5/h6-9,12-13H,10-11,14H2,1-5H3,(H,25,27). The molecule has 0 fully saturated rings. The number of thioether (sulfide) groups is 1. The maximum absolute atomic E-state index is 13.7. The summed E-state index contributed by atoms with van der Waals surface area (Å²) in [5.74, 6) is 0.0165. The van der Waals surface area contributed by atoms with Gasteiger partial charge in [-0.2, -0.15) is 11.8 Å². The first-order valence-corrected chi connectivity index (χ1v) is 12.8. The first-order chi connectivity index (χ1) is 15.4. The molecule has 182 valence electrons. The number of benzene rings is 2. The molecule has 11 heteroatoms. The zero-order valence-electron chi connectivity index (χ0n) is 19.1. The minimum absolute atomic E-state index is 0.0401. The fourth-order valence-electron chi connectivity index (χ4n) is 2.79. The van der Waals surface area contributed by atoms with Gasteiger partial charge < -0.3 is 14.8 Å². The van der Waals surface area contributed by atoms with Gasteiger partial charge in [0.15, 0.2) is 11.5 Å². The minimum atomic E-state index is -4.24. The monoisotopic (exact) mass is 518 g/mol. The van der Waals surface area contributed by atoms with Crippen LogP contribution in [0.4, 0.5) is 10.1 Å². The zero-order valence-corrected chi connectivity index (χ0v) is 21.5. The van der Waals surface area contributed by atoms with Gasteiger partial charge in [-0.25, -0.2) is 12.8 Å². The summed E-state index contributed by atoms with van der Waals surface area (Å²) in [4.78, 5) is 12.5. The van der Waals surface area contributed by atoms with E-state index in [9.17, 15) is 17.6 Å². The van der Waals surface area contributed by atoms with E-state index in [-0.39, 0.29) is 26.1 Å². The average molecular weight is 519 g/mol. The highest BCUT2D eigenvalue weighted by Gasteiger charge is 2.29. The predicted octanol–water partition coefficient (Wildman–Crippen LogP) is 4.34. The first kappa shape index (κ1) is 27.1. The molecule has 2 rings (SSSR count). The van der Waals surface area contributed by atoms with Crippen molar-refractivity contribution in [2.75, 3.05) is 37.4 Å². The van der Waals surface area contributed by atoms with Gasteiger partial charge >= 0.3 is 0 Å². The number of carbonyl (C=O) groups excluding carboxylic acids is 1. The molecule has 2 aromatic rings. The zero-order chi connectivity index (χ0) is 24.8. The van der Waals surface area contributed by atoms with Crippen molar-refractivity contribution in [1.29, 1.82) is 0 Å². The Morgan fingerprint density at radius 1 is 1.12 bits per heavy atom. The Morgan fingerprint density at radius 2 is 1.79 bits per heavy atom. The number of rotatable bonds is 10. The molecule has 0 aliphatic carbocycles. The van der Waals surface area contributed by atoms with E-state index in [1.807, 2.05) is 0 Å². The summed E-state index contributed by atoms with van der Waals surface area (Å²) >= 11 is 7.56. The van der Waals surface area contributed by atoms with Gasteiger partial charge in [-0.3, -0.25) is 9.10 Å². The van der Waals surface area contributed by atoms with Gasteiger partial charge in [0, 0.05) is 23.1 Å². The first-order valence-electron chi connectivity index (χ1n) is 9.99. The minimum Gasteiger partial charge on any atom is -0.493 e. The Labute approximate surface area is 203 Å². The van der Waals surface area contributed by atoms with Crippen molar-refractivity contribution in [3.63, 3.8) is 0 Å². The van der Waals surface area contributed by atoms with Gasteiger partial charge in [-0.05, 0) is 30.3 Å². The van der Waals surface area contributed by atoms with Crippen molar-refractivity contribution in [2.45, 2.75) is 30.4 Å². The van der Waals surface area contributed by atoms with E-state index in [1.54, 1.807) is 11.8 Å². The number of methoxy groups -OCH3 is 2. The molecule has 0 saturated heterocycles. The number of anilines is 1. The number of amides is 1. The van der Waals surface area contributed by atoms with Gasteiger partial charge in [-0.1, -0.05) is 32.4 Å². The third kappa shape index (κ3) is 7.41. The second kappa shape index (κ2) is 11.3. The number of sulfonamides is 1. The number of nitrogens with one attached hydrogen (secondary N) is 1. The Hall–Kier alpha value is -2.17. The molecule has 33 heavy (non-hydrogen) atoms. The smallest absolute Gasteiger partial charge is 0.264 e. The molecular weight excluding hydrogens is 491 g/mol. The topological polar surface area (TPSA) is 84.9 Å². The molecule has 0 atom stereocenters. The second-order valence-electron chi connectivity index (χ2n) is 7.94. The summed E-state index contributed by atoms with van der Waals surface area (Å²) < 4.78 is 52.0. The molecule has 0 aliphatic rings. The molecule has 0 spiro atoms. The van der Waals surface area contributed by atoms with Gasteiger partial charge in [0.05, 0.1) is 29.8 Å². The molecule has 0 aliphatic heterocycles. The normalized spacial score (nSPS) is 11.7. The Balaban J connectivity index is 2.36. The third-order valence-corrected chi connectivity index (χ3v) is 7.71. The number of hydrogen-bond acceptors (Lipinski definition) is 6. The average Bonchev–Trinajstić information content (AvgIpc) is 2.75. The van der Waals surface area contributed by atoms with Crippen LogP contribution in [0.5, 0.6) is 11.5 Å². The van der Waals surface area contributed by atoms with Crippen LogP contribution in [0.3, 0.4) is 0 Å². The van der Waals surface area contributed by atoms with Crippen LogP contribution in [0.25, 0.3) is 0 Å². The Morgan fingerprint density at radius 3 is 2.36 bits per heavy atom. The lowest BCUT2D eigenvalue weighted by atomic mass is 10.3. The third-order valence-electron chi connectivity index (χ3n) is 4.38. The predicted molar refractivity (Wildman–Crippen MR) is 131 cm³/mol. The van der Waals surface area contributed by atoms with Gasteiger partial charge in [-0.15, -0.1) is 0 Å². The number of carbonyl (C=O) groups is 1. The number of halogens is 2. The van der Waals surface area contributed by atoms with Crippen LogP contribution in [-0.2, 0) is 14.8 Å². The number of hydrogen-bond donors (Lipinski definition) is 1. The molecule has 1 N–H and O–H groups in total. The van der Waals surface area contributed by atoms with E-state index in [0.29, 0.717) is 18.0 Å². The lowest BCUT2D eigenvalue weighted by Crippen LogP contribution is -2.41. The van der Waals surface area contributed by atoms with Gasteiger partial charge in [0.1, 0.15) is 12.4 Å². The largest absolute Gasteiger partial charge is 0.493 e. The van der Waals surface area contributed by atoms with E-state index in [4.69, 9.17) is 21.1 Å². The van der Waals surface area contributed by atoms with Gasteiger partial charge in [0.2, 0.25) is 5.91 Å². The lowest BCUT2D eigenvalue weighted by Gasteiger charge is -2.25. The molecule has 0 heterocycles. The van der Waals surface area contributed by atoms with Crippen LogP contribution in [0, 0.1) is 5.82 Å². The van der Waals surface area contributed by atoms with Crippen LogP contribution in [0.15, 0.2) is 41.3 Å². The maximum atomic E-state index is 13.7. The Kier molecular flexibility index (Phi) is 9.28. The molecule has 7 nitrogen and oxygen atoms in total. The van der Waals surface area contributed by atoms with Crippen molar-refractivity contribution in [3.05, 3.63) is 47.2 Å². The van der Waals surface area contributed by atoms with Crippen LogP contribution in [-0.4, -0.2) is 52.1 Å². The van der Waals surface area contributed by atoms with E-state index < -0.39 is 28.3 Å². The second-order valence-corrected chi connectivity index (χ2v) is 12.1. The van der Waals surface area contributed by atoms with Crippen LogP contribution in [0.1, 0.15) is 20.8 Å². The Bertz CT molecular complexity index is 1090. The molecule has 0 aromatic heterocycles. The highest BCUT2D eigenvalue weighted by Crippen LogP contribution is 2.33. The molecular formula is C22H28ClFN2O5S2. The summed E-state index contributed by atoms with van der Waals surface area (Å²) in [7, 11) is -1.42. The molecule has 0 saturated carbocycles. The van der Waals surface area contributed by atoms with Crippen LogP contribution >= 0.6 is 23.4 Å². The quantitative estimate of drug-likeness (QED) is 0.471. The molecule has 0 radical (unpaired) electrons. The molecule has 0 unspecified atom stereocenters.